The Balaban J connectivity index is 1.58. The predicted octanol–water partition coefficient (Wildman–Crippen LogP) is 1.43. The molecular weight excluding hydrogens is 294 g/mol. The van der Waals surface area contributed by atoms with Gasteiger partial charge in [-0.15, -0.1) is 0 Å². The minimum absolute atomic E-state index is 0.452. The van der Waals surface area contributed by atoms with Crippen molar-refractivity contribution in [3.8, 4) is 0 Å². The van der Waals surface area contributed by atoms with E-state index in [-0.39, 0.29) is 0 Å². The number of benzene rings is 1. The van der Waals surface area contributed by atoms with Crippen molar-refractivity contribution in [3.63, 3.8) is 0 Å². The molecule has 2 aromatic rings. The Morgan fingerprint density at radius 3 is 2.50 bits per heavy atom. The number of aromatic nitrogens is 2. The first kappa shape index (κ1) is 14.9. The van der Waals surface area contributed by atoms with Crippen LogP contribution in [0.3, 0.4) is 0 Å². The highest BCUT2D eigenvalue weighted by molar-refractivity contribution is 7.80. The van der Waals surface area contributed by atoms with Crippen LogP contribution in [0.15, 0.2) is 42.7 Å². The molecule has 2 N–H and O–H groups in total. The second-order valence-electron chi connectivity index (χ2n) is 5.38. The summed E-state index contributed by atoms with van der Waals surface area (Å²) in [5.74, 6) is 0.817. The van der Waals surface area contributed by atoms with Crippen LogP contribution in [0.5, 0.6) is 0 Å². The van der Waals surface area contributed by atoms with Gasteiger partial charge in [0.25, 0.3) is 0 Å². The van der Waals surface area contributed by atoms with Crippen LogP contribution in [-0.2, 0) is 6.54 Å². The molecule has 22 heavy (non-hydrogen) atoms. The fourth-order valence-electron chi connectivity index (χ4n) is 2.64. The molecule has 1 fully saturated rings. The average Bonchev–Trinajstić information content (AvgIpc) is 2.56. The standard InChI is InChI=1S/C16H19N5S/c17-15(22)14-4-1-3-13(11-14)12-20-7-9-21(10-8-20)16-18-5-2-6-19-16/h1-6,11H,7-10,12H2,(H2,17,22). The predicted molar refractivity (Wildman–Crippen MR) is 91.9 cm³/mol. The molecular formula is C16H19N5S. The van der Waals surface area contributed by atoms with Crippen LogP contribution in [0.25, 0.3) is 0 Å². The van der Waals surface area contributed by atoms with E-state index in [0.717, 1.165) is 44.2 Å². The lowest BCUT2D eigenvalue weighted by Gasteiger charge is -2.34. The van der Waals surface area contributed by atoms with Gasteiger partial charge in [-0.3, -0.25) is 4.90 Å². The first-order valence-corrected chi connectivity index (χ1v) is 7.76. The van der Waals surface area contributed by atoms with E-state index in [2.05, 4.69) is 31.9 Å². The van der Waals surface area contributed by atoms with E-state index in [9.17, 15) is 0 Å². The topological polar surface area (TPSA) is 58.3 Å². The largest absolute Gasteiger partial charge is 0.389 e. The van der Waals surface area contributed by atoms with Crippen molar-refractivity contribution in [2.45, 2.75) is 6.54 Å². The van der Waals surface area contributed by atoms with E-state index in [1.54, 1.807) is 12.4 Å². The van der Waals surface area contributed by atoms with Gasteiger partial charge in [0.1, 0.15) is 4.99 Å². The Hall–Kier alpha value is -2.05. The number of anilines is 1. The summed E-state index contributed by atoms with van der Waals surface area (Å²) >= 11 is 5.04. The van der Waals surface area contributed by atoms with Gasteiger partial charge in [-0.1, -0.05) is 30.4 Å². The summed E-state index contributed by atoms with van der Waals surface area (Å²) in [4.78, 5) is 13.7. The molecule has 114 valence electrons. The van der Waals surface area contributed by atoms with E-state index in [1.807, 2.05) is 18.2 Å². The fourth-order valence-corrected chi connectivity index (χ4v) is 2.77. The van der Waals surface area contributed by atoms with Gasteiger partial charge in [0.05, 0.1) is 0 Å². The summed E-state index contributed by atoms with van der Waals surface area (Å²) in [6.07, 6.45) is 3.58. The SMILES string of the molecule is NC(=S)c1cccc(CN2CCN(c3ncccn3)CC2)c1. The highest BCUT2D eigenvalue weighted by atomic mass is 32.1. The average molecular weight is 313 g/mol. The molecule has 0 bridgehead atoms. The smallest absolute Gasteiger partial charge is 0.225 e. The molecule has 1 aromatic carbocycles. The van der Waals surface area contributed by atoms with E-state index in [4.69, 9.17) is 18.0 Å². The van der Waals surface area contributed by atoms with Gasteiger partial charge >= 0.3 is 0 Å². The lowest BCUT2D eigenvalue weighted by molar-refractivity contribution is 0.248. The quantitative estimate of drug-likeness (QED) is 0.862. The number of rotatable bonds is 4. The van der Waals surface area contributed by atoms with Crippen LogP contribution in [-0.4, -0.2) is 46.0 Å². The third-order valence-corrected chi connectivity index (χ3v) is 4.06. The summed E-state index contributed by atoms with van der Waals surface area (Å²) in [6.45, 7) is 4.79. The summed E-state index contributed by atoms with van der Waals surface area (Å²) in [5, 5.41) is 0. The maximum Gasteiger partial charge on any atom is 0.225 e. The van der Waals surface area contributed by atoms with Gasteiger partial charge in [-0.2, -0.15) is 0 Å². The molecule has 1 aromatic heterocycles. The zero-order chi connectivity index (χ0) is 15.4. The molecule has 2 heterocycles. The molecule has 0 unspecified atom stereocenters. The third kappa shape index (κ3) is 3.58. The molecule has 0 saturated carbocycles. The molecule has 0 spiro atoms. The lowest BCUT2D eigenvalue weighted by atomic mass is 10.1. The number of piperazine rings is 1. The zero-order valence-corrected chi connectivity index (χ0v) is 13.2. The van der Waals surface area contributed by atoms with Crippen LogP contribution in [0.4, 0.5) is 5.95 Å². The summed E-state index contributed by atoms with van der Waals surface area (Å²) in [7, 11) is 0. The molecule has 1 saturated heterocycles. The minimum atomic E-state index is 0.452. The van der Waals surface area contributed by atoms with Crippen molar-refractivity contribution in [1.82, 2.24) is 14.9 Å². The monoisotopic (exact) mass is 313 g/mol. The van der Waals surface area contributed by atoms with Crippen molar-refractivity contribution in [1.29, 1.82) is 0 Å². The summed E-state index contributed by atoms with van der Waals surface area (Å²) < 4.78 is 0. The number of hydrogen-bond acceptors (Lipinski definition) is 5. The first-order chi connectivity index (χ1) is 10.7. The number of thiocarbonyl (C=S) groups is 1. The van der Waals surface area contributed by atoms with Crippen LogP contribution in [0, 0.1) is 0 Å². The third-order valence-electron chi connectivity index (χ3n) is 3.82. The molecule has 0 radical (unpaired) electrons. The van der Waals surface area contributed by atoms with E-state index in [0.29, 0.717) is 4.99 Å². The molecule has 3 rings (SSSR count). The Bertz CT molecular complexity index is 638. The molecule has 0 amide bonds. The Morgan fingerprint density at radius 2 is 1.82 bits per heavy atom. The highest BCUT2D eigenvalue weighted by Gasteiger charge is 2.18. The van der Waals surface area contributed by atoms with Gasteiger partial charge in [-0.25, -0.2) is 9.97 Å². The Kier molecular flexibility index (Phi) is 4.60. The number of nitrogens with two attached hydrogens (primary N) is 1. The maximum atomic E-state index is 5.70. The summed E-state index contributed by atoms with van der Waals surface area (Å²) in [5.41, 5.74) is 7.87. The summed E-state index contributed by atoms with van der Waals surface area (Å²) in [6, 6.07) is 10.0. The van der Waals surface area contributed by atoms with E-state index in [1.165, 1.54) is 5.56 Å². The Labute approximate surface area is 135 Å². The van der Waals surface area contributed by atoms with Gasteiger partial charge in [0.15, 0.2) is 0 Å². The molecule has 0 aliphatic carbocycles. The molecule has 0 atom stereocenters. The maximum absolute atomic E-state index is 5.70. The van der Waals surface area contributed by atoms with Crippen molar-refractivity contribution in [2.75, 3.05) is 31.1 Å². The van der Waals surface area contributed by atoms with Crippen molar-refractivity contribution in [2.24, 2.45) is 5.73 Å². The van der Waals surface area contributed by atoms with Crippen LogP contribution < -0.4 is 10.6 Å². The zero-order valence-electron chi connectivity index (χ0n) is 12.4. The fraction of sp³-hybridized carbons (Fsp3) is 0.312. The molecule has 1 aliphatic rings. The van der Waals surface area contributed by atoms with E-state index < -0.39 is 0 Å². The number of hydrogen-bond donors (Lipinski definition) is 1. The van der Waals surface area contributed by atoms with Crippen molar-refractivity contribution < 1.29 is 0 Å². The highest BCUT2D eigenvalue weighted by Crippen LogP contribution is 2.13. The van der Waals surface area contributed by atoms with E-state index >= 15 is 0 Å². The second kappa shape index (κ2) is 6.81. The van der Waals surface area contributed by atoms with Gasteiger partial charge in [0, 0.05) is 50.7 Å². The van der Waals surface area contributed by atoms with Gasteiger partial charge in [0.2, 0.25) is 5.95 Å². The second-order valence-corrected chi connectivity index (χ2v) is 5.82. The molecule has 6 heteroatoms. The number of nitrogens with zero attached hydrogens (tertiary/aromatic N) is 4. The molecule has 5 nitrogen and oxygen atoms in total. The van der Waals surface area contributed by atoms with Crippen LogP contribution in [0.1, 0.15) is 11.1 Å². The molecule has 1 aliphatic heterocycles. The van der Waals surface area contributed by atoms with Crippen LogP contribution >= 0.6 is 12.2 Å². The Morgan fingerprint density at radius 1 is 1.09 bits per heavy atom. The lowest BCUT2D eigenvalue weighted by Crippen LogP contribution is -2.46. The van der Waals surface area contributed by atoms with Gasteiger partial charge in [-0.05, 0) is 17.7 Å². The normalized spacial score (nSPS) is 15.7. The van der Waals surface area contributed by atoms with Crippen molar-refractivity contribution >= 4 is 23.2 Å². The van der Waals surface area contributed by atoms with Crippen LogP contribution in [0.2, 0.25) is 0 Å². The van der Waals surface area contributed by atoms with Crippen molar-refractivity contribution in [3.05, 3.63) is 53.9 Å². The first-order valence-electron chi connectivity index (χ1n) is 7.35. The van der Waals surface area contributed by atoms with Gasteiger partial charge < -0.3 is 10.6 Å². The minimum Gasteiger partial charge on any atom is -0.389 e.